The van der Waals surface area contributed by atoms with E-state index in [2.05, 4.69) is 93.7 Å². The van der Waals surface area contributed by atoms with Crippen molar-refractivity contribution in [3.8, 4) is 22.3 Å². The van der Waals surface area contributed by atoms with Crippen molar-refractivity contribution >= 4 is 11.9 Å². The standard InChI is InChI=1S/C39H48O5/c1-7-9-10-11-30-14-18-34(19-15-30)36-22-23-37(33(8-2)24-36)35-20-16-31(17-21-35)12-13-32(25-43-38(41)27(3)4)26-44-39(42)28(5)29(6)40/h14-24,29,32,40H,3,5,7-13,25-26H2,1-2,4,6H3. The van der Waals surface area contributed by atoms with Crippen molar-refractivity contribution in [2.24, 2.45) is 5.92 Å². The van der Waals surface area contributed by atoms with E-state index in [4.69, 9.17) is 9.47 Å². The number of hydrogen-bond donors (Lipinski definition) is 1. The number of aliphatic hydroxyl groups excluding tert-OH is 1. The second kappa shape index (κ2) is 17.4. The fraction of sp³-hybridized carbons (Fsp3) is 0.385. The Hall–Kier alpha value is -3.96. The summed E-state index contributed by atoms with van der Waals surface area (Å²) in [6.07, 6.45) is 6.20. The van der Waals surface area contributed by atoms with Gasteiger partial charge in [-0.2, -0.15) is 0 Å². The summed E-state index contributed by atoms with van der Waals surface area (Å²) in [6, 6.07) is 24.3. The van der Waals surface area contributed by atoms with Crippen LogP contribution in [0.3, 0.4) is 0 Å². The molecule has 0 aliphatic carbocycles. The van der Waals surface area contributed by atoms with Crippen LogP contribution in [-0.2, 0) is 38.3 Å². The molecule has 3 aromatic carbocycles. The molecule has 0 amide bonds. The van der Waals surface area contributed by atoms with Gasteiger partial charge in [0.05, 0.1) is 24.9 Å². The van der Waals surface area contributed by atoms with Gasteiger partial charge < -0.3 is 14.6 Å². The van der Waals surface area contributed by atoms with Crippen LogP contribution in [0.25, 0.3) is 22.3 Å². The molecule has 2 atom stereocenters. The van der Waals surface area contributed by atoms with E-state index in [1.165, 1.54) is 59.6 Å². The van der Waals surface area contributed by atoms with Gasteiger partial charge >= 0.3 is 11.9 Å². The predicted octanol–water partition coefficient (Wildman–Crippen LogP) is 8.46. The number of hydrogen-bond acceptors (Lipinski definition) is 5. The van der Waals surface area contributed by atoms with Crippen LogP contribution < -0.4 is 0 Å². The van der Waals surface area contributed by atoms with E-state index in [0.29, 0.717) is 12.0 Å². The molecule has 0 aliphatic heterocycles. The van der Waals surface area contributed by atoms with E-state index in [1.54, 1.807) is 6.92 Å². The van der Waals surface area contributed by atoms with Crippen LogP contribution in [0, 0.1) is 5.92 Å². The Morgan fingerprint density at radius 1 is 0.773 bits per heavy atom. The lowest BCUT2D eigenvalue weighted by Gasteiger charge is -2.18. The van der Waals surface area contributed by atoms with Crippen molar-refractivity contribution in [3.05, 3.63) is 108 Å². The van der Waals surface area contributed by atoms with Gasteiger partial charge in [-0.25, -0.2) is 9.59 Å². The van der Waals surface area contributed by atoms with Crippen LogP contribution in [0.5, 0.6) is 0 Å². The molecule has 234 valence electrons. The van der Waals surface area contributed by atoms with Gasteiger partial charge in [-0.1, -0.05) is 107 Å². The summed E-state index contributed by atoms with van der Waals surface area (Å²) in [5.74, 6) is -1.35. The first-order valence-corrected chi connectivity index (χ1v) is 15.8. The molecule has 0 aromatic heterocycles. The highest BCUT2D eigenvalue weighted by molar-refractivity contribution is 5.88. The zero-order chi connectivity index (χ0) is 32.1. The minimum Gasteiger partial charge on any atom is -0.462 e. The zero-order valence-electron chi connectivity index (χ0n) is 26.9. The molecule has 5 heteroatoms. The summed E-state index contributed by atoms with van der Waals surface area (Å²) in [5.41, 5.74) is 9.03. The molecule has 2 unspecified atom stereocenters. The SMILES string of the molecule is C=C(C)C(=O)OCC(CCc1ccc(-c2ccc(-c3ccc(CCCCC)cc3)cc2CC)cc1)COC(=O)C(=C)C(C)O. The smallest absolute Gasteiger partial charge is 0.336 e. The second-order valence-electron chi connectivity index (χ2n) is 11.7. The number of carbonyl (C=O) groups excluding carboxylic acids is 2. The Balaban J connectivity index is 1.66. The van der Waals surface area contributed by atoms with Crippen LogP contribution in [0.15, 0.2) is 91.0 Å². The third-order valence-corrected chi connectivity index (χ3v) is 7.96. The zero-order valence-corrected chi connectivity index (χ0v) is 26.9. The molecule has 0 fully saturated rings. The number of unbranched alkanes of at least 4 members (excludes halogenated alkanes) is 2. The maximum absolute atomic E-state index is 12.2. The van der Waals surface area contributed by atoms with E-state index in [1.807, 2.05) is 0 Å². The van der Waals surface area contributed by atoms with Gasteiger partial charge in [0.15, 0.2) is 0 Å². The van der Waals surface area contributed by atoms with Gasteiger partial charge in [0.25, 0.3) is 0 Å². The molecule has 0 bridgehead atoms. The Morgan fingerprint density at radius 3 is 1.91 bits per heavy atom. The number of esters is 2. The number of carbonyl (C=O) groups is 2. The van der Waals surface area contributed by atoms with Gasteiger partial charge in [-0.05, 0) is 84.9 Å². The minimum absolute atomic E-state index is 0.00605. The molecule has 0 spiro atoms. The van der Waals surface area contributed by atoms with Crippen molar-refractivity contribution in [1.82, 2.24) is 0 Å². The molecule has 0 aliphatic rings. The quantitative estimate of drug-likeness (QED) is 0.0961. The Kier molecular flexibility index (Phi) is 13.6. The lowest BCUT2D eigenvalue weighted by molar-refractivity contribution is -0.144. The van der Waals surface area contributed by atoms with Crippen LogP contribution in [-0.4, -0.2) is 36.4 Å². The summed E-state index contributed by atoms with van der Waals surface area (Å²) >= 11 is 0. The number of ether oxygens (including phenoxy) is 2. The molecule has 3 aromatic rings. The molecule has 3 rings (SSSR count). The number of aliphatic hydroxyl groups is 1. The summed E-state index contributed by atoms with van der Waals surface area (Å²) in [6.45, 7) is 14.8. The average molecular weight is 597 g/mol. The van der Waals surface area contributed by atoms with Crippen LogP contribution in [0.2, 0.25) is 0 Å². The lowest BCUT2D eigenvalue weighted by Crippen LogP contribution is -2.24. The fourth-order valence-corrected chi connectivity index (χ4v) is 5.00. The van der Waals surface area contributed by atoms with Crippen molar-refractivity contribution < 1.29 is 24.2 Å². The molecule has 0 saturated heterocycles. The fourth-order valence-electron chi connectivity index (χ4n) is 5.00. The van der Waals surface area contributed by atoms with E-state index in [-0.39, 0.29) is 24.7 Å². The van der Waals surface area contributed by atoms with Gasteiger partial charge in [0, 0.05) is 11.5 Å². The van der Waals surface area contributed by atoms with Crippen LogP contribution >= 0.6 is 0 Å². The third-order valence-electron chi connectivity index (χ3n) is 7.96. The monoisotopic (exact) mass is 596 g/mol. The van der Waals surface area contributed by atoms with E-state index in [9.17, 15) is 14.7 Å². The summed E-state index contributed by atoms with van der Waals surface area (Å²) < 4.78 is 10.7. The highest BCUT2D eigenvalue weighted by atomic mass is 16.5. The van der Waals surface area contributed by atoms with E-state index < -0.39 is 18.0 Å². The highest BCUT2D eigenvalue weighted by Gasteiger charge is 2.19. The van der Waals surface area contributed by atoms with E-state index >= 15 is 0 Å². The van der Waals surface area contributed by atoms with Crippen molar-refractivity contribution in [3.63, 3.8) is 0 Å². The van der Waals surface area contributed by atoms with Crippen molar-refractivity contribution in [2.45, 2.75) is 78.7 Å². The van der Waals surface area contributed by atoms with Gasteiger partial charge in [-0.15, -0.1) is 0 Å². The number of aryl methyl sites for hydroxylation is 3. The molecular weight excluding hydrogens is 548 g/mol. The topological polar surface area (TPSA) is 72.8 Å². The maximum Gasteiger partial charge on any atom is 0.336 e. The Labute approximate surface area is 263 Å². The summed E-state index contributed by atoms with van der Waals surface area (Å²) in [5, 5.41) is 9.61. The van der Waals surface area contributed by atoms with E-state index in [0.717, 1.165) is 24.8 Å². The molecule has 1 N–H and O–H groups in total. The van der Waals surface area contributed by atoms with Crippen molar-refractivity contribution in [2.75, 3.05) is 13.2 Å². The molecule has 0 radical (unpaired) electrons. The molecule has 0 heterocycles. The first-order valence-electron chi connectivity index (χ1n) is 15.8. The van der Waals surface area contributed by atoms with Gasteiger partial charge in [-0.3, -0.25) is 0 Å². The molecule has 44 heavy (non-hydrogen) atoms. The van der Waals surface area contributed by atoms with Gasteiger partial charge in [0.1, 0.15) is 0 Å². The van der Waals surface area contributed by atoms with Crippen LogP contribution in [0.4, 0.5) is 0 Å². The highest BCUT2D eigenvalue weighted by Crippen LogP contribution is 2.30. The van der Waals surface area contributed by atoms with Gasteiger partial charge in [0.2, 0.25) is 0 Å². The van der Waals surface area contributed by atoms with Crippen molar-refractivity contribution in [1.29, 1.82) is 0 Å². The molecule has 0 saturated carbocycles. The number of rotatable bonds is 17. The molecule has 5 nitrogen and oxygen atoms in total. The predicted molar refractivity (Wildman–Crippen MR) is 179 cm³/mol. The largest absolute Gasteiger partial charge is 0.462 e. The second-order valence-corrected chi connectivity index (χ2v) is 11.7. The molecular formula is C39H48O5. The third kappa shape index (κ3) is 10.3. The summed E-state index contributed by atoms with van der Waals surface area (Å²) in [4.78, 5) is 24.2. The normalized spacial score (nSPS) is 12.3. The first-order chi connectivity index (χ1) is 21.1. The maximum atomic E-state index is 12.2. The lowest BCUT2D eigenvalue weighted by atomic mass is 9.92. The number of benzene rings is 3. The first kappa shape index (κ1) is 34.5. The minimum atomic E-state index is -0.989. The Morgan fingerprint density at radius 2 is 1.34 bits per heavy atom. The Bertz CT molecular complexity index is 1400. The van der Waals surface area contributed by atoms with Crippen LogP contribution in [0.1, 0.15) is 70.1 Å². The average Bonchev–Trinajstić information content (AvgIpc) is 3.04. The summed E-state index contributed by atoms with van der Waals surface area (Å²) in [7, 11) is 0.